The van der Waals surface area contributed by atoms with E-state index in [1.807, 2.05) is 31.2 Å². The second kappa shape index (κ2) is 15.2. The number of aromatic nitrogens is 3. The fourth-order valence-electron chi connectivity index (χ4n) is 8.73. The molecule has 0 aliphatic heterocycles. The van der Waals surface area contributed by atoms with E-state index < -0.39 is 0 Å². The minimum Gasteiger partial charge on any atom is -0.309 e. The second-order valence-corrected chi connectivity index (χ2v) is 17.1. The van der Waals surface area contributed by atoms with Crippen molar-refractivity contribution in [3.8, 4) is 61.8 Å². The molecule has 0 N–H and O–H groups in total. The molecule has 3 nitrogen and oxygen atoms in total. The van der Waals surface area contributed by atoms with Gasteiger partial charge in [0, 0.05) is 32.9 Å². The Balaban J connectivity index is 0.000000592. The molecule has 1 aliphatic carbocycles. The molecule has 2 aromatic heterocycles. The Bertz CT molecular complexity index is 2930. The molecule has 0 saturated carbocycles. The van der Waals surface area contributed by atoms with E-state index in [-0.39, 0.29) is 5.41 Å². The van der Waals surface area contributed by atoms with Crippen molar-refractivity contribution in [2.45, 2.75) is 47.0 Å². The lowest BCUT2D eigenvalue weighted by molar-refractivity contribution is 0.543. The van der Waals surface area contributed by atoms with Gasteiger partial charge in [0.25, 0.3) is 0 Å². The molecule has 0 spiro atoms. The second-order valence-electron chi connectivity index (χ2n) is 17.1. The molecule has 7 aromatic carbocycles. The quantitative estimate of drug-likeness (QED) is 0.163. The molecular weight excluding hydrogens is 715 g/mol. The zero-order valence-corrected chi connectivity index (χ0v) is 34.7. The van der Waals surface area contributed by atoms with Gasteiger partial charge in [0.05, 0.1) is 28.1 Å². The van der Waals surface area contributed by atoms with Crippen LogP contribution < -0.4 is 0 Å². The molecule has 1 aliphatic rings. The van der Waals surface area contributed by atoms with Gasteiger partial charge in [-0.05, 0) is 82.1 Å². The number of rotatable bonds is 5. The van der Waals surface area contributed by atoms with Crippen molar-refractivity contribution in [3.05, 3.63) is 199 Å². The Morgan fingerprint density at radius 2 is 1.08 bits per heavy atom. The van der Waals surface area contributed by atoms with Gasteiger partial charge in [-0.25, -0.2) is 9.97 Å². The average Bonchev–Trinajstić information content (AvgIpc) is 3.70. The molecule has 0 radical (unpaired) electrons. The first kappa shape index (κ1) is 37.7. The van der Waals surface area contributed by atoms with E-state index in [0.717, 1.165) is 44.9 Å². The van der Waals surface area contributed by atoms with Crippen LogP contribution in [-0.4, -0.2) is 14.5 Å². The molecule has 3 heteroatoms. The lowest BCUT2D eigenvalue weighted by Crippen LogP contribution is -2.15. The predicted octanol–water partition coefficient (Wildman–Crippen LogP) is 15.2. The molecule has 59 heavy (non-hydrogen) atoms. The summed E-state index contributed by atoms with van der Waals surface area (Å²) in [7, 11) is 0. The predicted molar refractivity (Wildman–Crippen MR) is 250 cm³/mol. The lowest BCUT2D eigenvalue weighted by Gasteiger charge is -2.22. The summed E-state index contributed by atoms with van der Waals surface area (Å²) >= 11 is 0. The van der Waals surface area contributed by atoms with E-state index in [1.165, 1.54) is 44.1 Å². The molecule has 0 fully saturated rings. The number of para-hydroxylation sites is 1. The smallest absolute Gasteiger partial charge is 0.160 e. The fourth-order valence-corrected chi connectivity index (χ4v) is 8.73. The van der Waals surface area contributed by atoms with Crippen LogP contribution >= 0.6 is 0 Å². The summed E-state index contributed by atoms with van der Waals surface area (Å²) in [6, 6.07) is 62.9. The van der Waals surface area contributed by atoms with Gasteiger partial charge >= 0.3 is 0 Å². The Morgan fingerprint density at radius 3 is 1.76 bits per heavy atom. The maximum absolute atomic E-state index is 5.35. The Hall–Kier alpha value is -6.84. The van der Waals surface area contributed by atoms with Crippen molar-refractivity contribution < 1.29 is 0 Å². The zero-order valence-electron chi connectivity index (χ0n) is 34.7. The number of nitrogens with zero attached hydrogens (tertiary/aromatic N) is 3. The molecule has 288 valence electrons. The van der Waals surface area contributed by atoms with E-state index in [0.29, 0.717) is 11.2 Å². The molecule has 2 heterocycles. The lowest BCUT2D eigenvalue weighted by atomic mass is 9.82. The van der Waals surface area contributed by atoms with Crippen LogP contribution in [0.1, 0.15) is 52.7 Å². The van der Waals surface area contributed by atoms with Gasteiger partial charge in [-0.15, -0.1) is 0 Å². The summed E-state index contributed by atoms with van der Waals surface area (Å²) in [6.45, 7) is 13.3. The Kier molecular flexibility index (Phi) is 9.69. The molecule has 0 saturated heterocycles. The first-order valence-electron chi connectivity index (χ1n) is 20.6. The summed E-state index contributed by atoms with van der Waals surface area (Å²) in [6.07, 6.45) is 4.27. The van der Waals surface area contributed by atoms with Crippen LogP contribution in [0.15, 0.2) is 188 Å². The third kappa shape index (κ3) is 7.08. The minimum absolute atomic E-state index is 0.122. The van der Waals surface area contributed by atoms with Gasteiger partial charge in [-0.1, -0.05) is 186 Å². The molecule has 0 amide bonds. The SMILES string of the molecule is CC1(C)c2ccccc2-c2cc3c4ccccc4n(-c4ccc(-c5ccccc5)cc4-c4cc(-c5ccccc5)nc(-c5ccccc5)n4)c3cc21.CC=CC(C)(C)C. The van der Waals surface area contributed by atoms with Gasteiger partial charge in [0.2, 0.25) is 0 Å². The summed E-state index contributed by atoms with van der Waals surface area (Å²) < 4.78 is 2.46. The number of hydrogen-bond donors (Lipinski definition) is 0. The van der Waals surface area contributed by atoms with E-state index in [9.17, 15) is 0 Å². The molecule has 0 atom stereocenters. The van der Waals surface area contributed by atoms with Crippen LogP contribution in [-0.2, 0) is 5.41 Å². The molecule has 0 unspecified atom stereocenters. The third-order valence-corrected chi connectivity index (χ3v) is 11.5. The summed E-state index contributed by atoms with van der Waals surface area (Å²) in [5, 5.41) is 2.48. The summed E-state index contributed by atoms with van der Waals surface area (Å²) in [5.74, 6) is 0.701. The van der Waals surface area contributed by atoms with Crippen molar-refractivity contribution in [1.29, 1.82) is 0 Å². The Morgan fingerprint density at radius 1 is 0.475 bits per heavy atom. The monoisotopic (exact) mass is 763 g/mol. The maximum atomic E-state index is 5.35. The highest BCUT2D eigenvalue weighted by atomic mass is 15.0. The third-order valence-electron chi connectivity index (χ3n) is 11.5. The summed E-state index contributed by atoms with van der Waals surface area (Å²) in [4.78, 5) is 10.5. The number of fused-ring (bicyclic) bond motifs is 6. The van der Waals surface area contributed by atoms with E-state index in [2.05, 4.69) is 203 Å². The van der Waals surface area contributed by atoms with Crippen LogP contribution in [0.4, 0.5) is 0 Å². The summed E-state index contributed by atoms with van der Waals surface area (Å²) in [5.41, 5.74) is 16.2. The maximum Gasteiger partial charge on any atom is 0.160 e. The first-order valence-corrected chi connectivity index (χ1v) is 20.6. The number of allylic oxidation sites excluding steroid dienone is 2. The van der Waals surface area contributed by atoms with Crippen LogP contribution in [0.2, 0.25) is 0 Å². The molecule has 10 rings (SSSR count). The topological polar surface area (TPSA) is 30.7 Å². The van der Waals surface area contributed by atoms with Gasteiger partial charge in [-0.3, -0.25) is 0 Å². The van der Waals surface area contributed by atoms with Crippen LogP contribution in [0.25, 0.3) is 83.6 Å². The largest absolute Gasteiger partial charge is 0.309 e. The normalized spacial score (nSPS) is 13.0. The van der Waals surface area contributed by atoms with Crippen LogP contribution in [0.3, 0.4) is 0 Å². The highest BCUT2D eigenvalue weighted by Gasteiger charge is 2.36. The fraction of sp³-hybridized carbons (Fsp3) is 0.143. The van der Waals surface area contributed by atoms with Crippen LogP contribution in [0, 0.1) is 5.41 Å². The van der Waals surface area contributed by atoms with Crippen molar-refractivity contribution in [2.75, 3.05) is 0 Å². The van der Waals surface area contributed by atoms with Crippen molar-refractivity contribution >= 4 is 21.8 Å². The first-order chi connectivity index (χ1) is 28.6. The van der Waals surface area contributed by atoms with Crippen molar-refractivity contribution in [3.63, 3.8) is 0 Å². The highest BCUT2D eigenvalue weighted by Crippen LogP contribution is 2.51. The Labute approximate surface area is 348 Å². The van der Waals surface area contributed by atoms with E-state index in [4.69, 9.17) is 9.97 Å². The van der Waals surface area contributed by atoms with Crippen LogP contribution in [0.5, 0.6) is 0 Å². The van der Waals surface area contributed by atoms with Crippen molar-refractivity contribution in [1.82, 2.24) is 14.5 Å². The van der Waals surface area contributed by atoms with Gasteiger partial charge < -0.3 is 4.57 Å². The van der Waals surface area contributed by atoms with E-state index >= 15 is 0 Å². The standard InChI is InChI=1S/C49H35N3.C7H14/c1-49(2)41-24-14-12-22-36(41)38-29-39-37-23-13-15-25-45(37)52(47(39)30-42(38)49)46-27-26-35(32-16-6-3-7-17-32)28-40(46)44-31-43(33-18-8-4-9-19-33)50-48(51-44)34-20-10-5-11-21-34;1-5-6-7(2,3)4/h3-31H,1-2H3;5-6H,1-4H3. The molecular formula is C56H49N3. The van der Waals surface area contributed by atoms with Gasteiger partial charge in [0.1, 0.15) is 0 Å². The van der Waals surface area contributed by atoms with E-state index in [1.54, 1.807) is 0 Å². The van der Waals surface area contributed by atoms with Gasteiger partial charge in [0.15, 0.2) is 5.82 Å². The average molecular weight is 764 g/mol. The minimum atomic E-state index is -0.122. The number of benzene rings is 7. The molecule has 0 bridgehead atoms. The highest BCUT2D eigenvalue weighted by molar-refractivity contribution is 6.12. The molecule has 9 aromatic rings. The zero-order chi connectivity index (χ0) is 40.7. The van der Waals surface area contributed by atoms with Gasteiger partial charge in [-0.2, -0.15) is 0 Å². The van der Waals surface area contributed by atoms with Crippen molar-refractivity contribution in [2.24, 2.45) is 5.41 Å². The number of hydrogen-bond acceptors (Lipinski definition) is 2.